The van der Waals surface area contributed by atoms with Crippen molar-refractivity contribution in [1.29, 1.82) is 0 Å². The number of nitrogens with zero attached hydrogens (tertiary/aromatic N) is 1. The van der Waals surface area contributed by atoms with Crippen LogP contribution in [0.4, 0.5) is 14.5 Å². The van der Waals surface area contributed by atoms with Crippen LogP contribution in [0, 0.1) is 21.7 Å². The first-order valence-electron chi connectivity index (χ1n) is 6.18. The van der Waals surface area contributed by atoms with E-state index >= 15 is 0 Å². The maximum absolute atomic E-state index is 13.9. The van der Waals surface area contributed by atoms with Gasteiger partial charge in [-0.15, -0.1) is 0 Å². The SMILES string of the molecule is O=C(NC1CCS(=O)CC1)c1c(F)ccc([N+](=O)[O-])c1F. The number of benzene rings is 1. The van der Waals surface area contributed by atoms with Gasteiger partial charge < -0.3 is 5.32 Å². The third-order valence-corrected chi connectivity index (χ3v) is 4.60. The predicted molar refractivity (Wildman–Crippen MR) is 71.4 cm³/mol. The average Bonchev–Trinajstić information content (AvgIpc) is 2.41. The summed E-state index contributed by atoms with van der Waals surface area (Å²) < 4.78 is 38.6. The van der Waals surface area contributed by atoms with Crippen LogP contribution in [0.3, 0.4) is 0 Å². The summed E-state index contributed by atoms with van der Waals surface area (Å²) in [7, 11) is -0.928. The maximum Gasteiger partial charge on any atom is 0.305 e. The van der Waals surface area contributed by atoms with E-state index in [0.29, 0.717) is 36.5 Å². The van der Waals surface area contributed by atoms with E-state index < -0.39 is 44.5 Å². The molecule has 1 heterocycles. The summed E-state index contributed by atoms with van der Waals surface area (Å²) >= 11 is 0. The van der Waals surface area contributed by atoms with Crippen LogP contribution in [0.15, 0.2) is 12.1 Å². The summed E-state index contributed by atoms with van der Waals surface area (Å²) in [6, 6.07) is 1.02. The monoisotopic (exact) mass is 318 g/mol. The zero-order valence-electron chi connectivity index (χ0n) is 10.8. The first kappa shape index (κ1) is 15.5. The molecule has 0 radical (unpaired) electrons. The van der Waals surface area contributed by atoms with E-state index in [-0.39, 0.29) is 6.04 Å². The van der Waals surface area contributed by atoms with Gasteiger partial charge in [0.05, 0.1) is 4.92 Å². The van der Waals surface area contributed by atoms with Gasteiger partial charge in [-0.1, -0.05) is 0 Å². The van der Waals surface area contributed by atoms with Crippen LogP contribution in [-0.2, 0) is 10.8 Å². The summed E-state index contributed by atoms with van der Waals surface area (Å²) in [5.41, 5.74) is -1.91. The predicted octanol–water partition coefficient (Wildman–Crippen LogP) is 1.51. The topological polar surface area (TPSA) is 89.3 Å². The number of carbonyl (C=O) groups excluding carboxylic acids is 1. The quantitative estimate of drug-likeness (QED) is 0.676. The van der Waals surface area contributed by atoms with Crippen molar-refractivity contribution >= 4 is 22.4 Å². The first-order chi connectivity index (χ1) is 9.90. The van der Waals surface area contributed by atoms with E-state index in [1.807, 2.05) is 0 Å². The molecule has 1 N–H and O–H groups in total. The second-order valence-corrected chi connectivity index (χ2v) is 6.30. The van der Waals surface area contributed by atoms with Gasteiger partial charge in [0.2, 0.25) is 5.82 Å². The Kier molecular flexibility index (Phi) is 4.61. The van der Waals surface area contributed by atoms with E-state index in [2.05, 4.69) is 5.32 Å². The molecular formula is C12H12F2N2O4S. The third-order valence-electron chi connectivity index (χ3n) is 3.22. The number of hydrogen-bond acceptors (Lipinski definition) is 4. The van der Waals surface area contributed by atoms with Crippen molar-refractivity contribution in [3.05, 3.63) is 39.4 Å². The molecule has 2 rings (SSSR count). The molecule has 1 aliphatic heterocycles. The summed E-state index contributed by atoms with van der Waals surface area (Å²) in [5, 5.41) is 13.0. The number of nitro groups is 1. The van der Waals surface area contributed by atoms with E-state index in [4.69, 9.17) is 0 Å². The number of hydrogen-bond donors (Lipinski definition) is 1. The molecule has 1 fully saturated rings. The summed E-state index contributed by atoms with van der Waals surface area (Å²) in [6.45, 7) is 0. The highest BCUT2D eigenvalue weighted by atomic mass is 32.2. The lowest BCUT2D eigenvalue weighted by molar-refractivity contribution is -0.387. The third kappa shape index (κ3) is 3.41. The van der Waals surface area contributed by atoms with Crippen molar-refractivity contribution in [2.45, 2.75) is 18.9 Å². The van der Waals surface area contributed by atoms with Crippen molar-refractivity contribution in [3.63, 3.8) is 0 Å². The lowest BCUT2D eigenvalue weighted by Gasteiger charge is -2.22. The Morgan fingerprint density at radius 1 is 1.33 bits per heavy atom. The van der Waals surface area contributed by atoms with Crippen LogP contribution in [0.2, 0.25) is 0 Å². The molecule has 0 spiro atoms. The van der Waals surface area contributed by atoms with Gasteiger partial charge in [-0.3, -0.25) is 19.1 Å². The largest absolute Gasteiger partial charge is 0.349 e. The highest BCUT2D eigenvalue weighted by Gasteiger charge is 2.28. The molecule has 1 aliphatic rings. The van der Waals surface area contributed by atoms with Crippen molar-refractivity contribution in [1.82, 2.24) is 5.32 Å². The van der Waals surface area contributed by atoms with Gasteiger partial charge in [-0.25, -0.2) is 4.39 Å². The minimum Gasteiger partial charge on any atom is -0.349 e. The number of carbonyl (C=O) groups is 1. The Labute approximate surface area is 121 Å². The van der Waals surface area contributed by atoms with Crippen molar-refractivity contribution in [3.8, 4) is 0 Å². The molecule has 1 amide bonds. The minimum absolute atomic E-state index is 0.340. The number of amides is 1. The number of rotatable bonds is 3. The molecule has 0 saturated carbocycles. The van der Waals surface area contributed by atoms with Crippen LogP contribution in [0.5, 0.6) is 0 Å². The summed E-state index contributed by atoms with van der Waals surface area (Å²) in [4.78, 5) is 21.5. The second kappa shape index (κ2) is 6.25. The molecule has 9 heteroatoms. The minimum atomic E-state index is -1.49. The second-order valence-electron chi connectivity index (χ2n) is 4.61. The Hall–Kier alpha value is -1.90. The molecule has 0 unspecified atom stereocenters. The highest BCUT2D eigenvalue weighted by Crippen LogP contribution is 2.23. The zero-order valence-corrected chi connectivity index (χ0v) is 11.6. The molecule has 0 aromatic heterocycles. The summed E-state index contributed by atoms with van der Waals surface area (Å²) in [6.07, 6.45) is 0.882. The van der Waals surface area contributed by atoms with Crippen LogP contribution < -0.4 is 5.32 Å². The number of nitro benzene ring substituents is 1. The van der Waals surface area contributed by atoms with Crippen LogP contribution >= 0.6 is 0 Å². The average molecular weight is 318 g/mol. The van der Waals surface area contributed by atoms with Gasteiger partial charge in [0.1, 0.15) is 11.4 Å². The number of halogens is 2. The normalized spacial score (nSPS) is 21.8. The maximum atomic E-state index is 13.9. The van der Waals surface area contributed by atoms with Crippen LogP contribution in [0.1, 0.15) is 23.2 Å². The Balaban J connectivity index is 2.21. The Bertz CT molecular complexity index is 614. The molecule has 1 saturated heterocycles. The molecule has 6 nitrogen and oxygen atoms in total. The number of nitrogens with one attached hydrogen (secondary N) is 1. The fourth-order valence-corrected chi connectivity index (χ4v) is 3.39. The smallest absolute Gasteiger partial charge is 0.305 e. The molecule has 0 atom stereocenters. The van der Waals surface area contributed by atoms with Gasteiger partial charge >= 0.3 is 5.69 Å². The molecule has 114 valence electrons. The van der Waals surface area contributed by atoms with E-state index in [1.54, 1.807) is 0 Å². The highest BCUT2D eigenvalue weighted by molar-refractivity contribution is 7.85. The standard InChI is InChI=1S/C12H12F2N2O4S/c13-8-1-2-9(16(18)19)11(14)10(8)12(17)15-7-3-5-21(20)6-4-7/h1-2,7H,3-6H2,(H,15,17). The van der Waals surface area contributed by atoms with Gasteiger partial charge in [0.25, 0.3) is 5.91 Å². The van der Waals surface area contributed by atoms with Gasteiger partial charge in [0.15, 0.2) is 0 Å². The lowest BCUT2D eigenvalue weighted by atomic mass is 10.1. The molecule has 0 bridgehead atoms. The molecule has 1 aromatic rings. The fourth-order valence-electron chi connectivity index (χ4n) is 2.09. The van der Waals surface area contributed by atoms with Gasteiger partial charge in [0, 0.05) is 34.4 Å². The van der Waals surface area contributed by atoms with Crippen LogP contribution in [-0.4, -0.2) is 32.6 Å². The fraction of sp³-hybridized carbons (Fsp3) is 0.417. The van der Waals surface area contributed by atoms with E-state index in [0.717, 1.165) is 0 Å². The van der Waals surface area contributed by atoms with Crippen LogP contribution in [0.25, 0.3) is 0 Å². The van der Waals surface area contributed by atoms with Crippen molar-refractivity contribution in [2.24, 2.45) is 0 Å². The molecular weight excluding hydrogens is 306 g/mol. The molecule has 1 aromatic carbocycles. The van der Waals surface area contributed by atoms with Gasteiger partial charge in [-0.05, 0) is 18.9 Å². The van der Waals surface area contributed by atoms with Crippen molar-refractivity contribution in [2.75, 3.05) is 11.5 Å². The molecule has 21 heavy (non-hydrogen) atoms. The Morgan fingerprint density at radius 3 is 2.52 bits per heavy atom. The van der Waals surface area contributed by atoms with E-state index in [9.17, 15) is 27.9 Å². The van der Waals surface area contributed by atoms with Crippen molar-refractivity contribution < 1.29 is 22.7 Å². The lowest BCUT2D eigenvalue weighted by Crippen LogP contribution is -2.40. The molecule has 0 aliphatic carbocycles. The van der Waals surface area contributed by atoms with Gasteiger partial charge in [-0.2, -0.15) is 4.39 Å². The zero-order chi connectivity index (χ0) is 15.6. The Morgan fingerprint density at radius 2 is 1.95 bits per heavy atom. The summed E-state index contributed by atoms with van der Waals surface area (Å²) in [5.74, 6) is -2.87. The first-order valence-corrected chi connectivity index (χ1v) is 7.67. The van der Waals surface area contributed by atoms with E-state index in [1.165, 1.54) is 0 Å².